The third-order valence-electron chi connectivity index (χ3n) is 3.29. The van der Waals surface area contributed by atoms with Crippen LogP contribution in [0.25, 0.3) is 0 Å². The third-order valence-corrected chi connectivity index (χ3v) is 3.82. The molecule has 1 aromatic rings. The molecule has 0 saturated carbocycles. The molecule has 0 bridgehead atoms. The molecule has 22 heavy (non-hydrogen) atoms. The highest BCUT2D eigenvalue weighted by atomic mass is 79.9. The highest BCUT2D eigenvalue weighted by Gasteiger charge is 2.20. The van der Waals surface area contributed by atoms with Gasteiger partial charge in [-0.15, -0.1) is 0 Å². The summed E-state index contributed by atoms with van der Waals surface area (Å²) in [5.74, 6) is 0.107. The zero-order valence-electron chi connectivity index (χ0n) is 13.8. The van der Waals surface area contributed by atoms with Crippen LogP contribution in [0.2, 0.25) is 0 Å². The van der Waals surface area contributed by atoms with E-state index in [4.69, 9.17) is 0 Å². The van der Waals surface area contributed by atoms with Crippen LogP contribution in [0, 0.1) is 5.41 Å². The van der Waals surface area contributed by atoms with Crippen LogP contribution in [0.3, 0.4) is 0 Å². The van der Waals surface area contributed by atoms with Crippen LogP contribution < -0.4 is 5.32 Å². The van der Waals surface area contributed by atoms with Gasteiger partial charge in [-0.05, 0) is 24.1 Å². The van der Waals surface area contributed by atoms with Gasteiger partial charge in [0.2, 0.25) is 11.8 Å². The van der Waals surface area contributed by atoms with Crippen LogP contribution >= 0.6 is 15.9 Å². The second kappa shape index (κ2) is 8.32. The molecule has 122 valence electrons. The number of carbonyl (C=O) groups excluding carboxylic acids is 2. The van der Waals surface area contributed by atoms with E-state index in [9.17, 15) is 9.59 Å². The Hall–Kier alpha value is -1.36. The Morgan fingerprint density at radius 2 is 1.77 bits per heavy atom. The number of halogens is 1. The Balaban J connectivity index is 2.30. The van der Waals surface area contributed by atoms with Gasteiger partial charge in [0.15, 0.2) is 0 Å². The summed E-state index contributed by atoms with van der Waals surface area (Å²) in [6.45, 7) is 6.76. The number of nitrogens with zero attached hydrogens (tertiary/aromatic N) is 1. The predicted octanol–water partition coefficient (Wildman–Crippen LogP) is 3.35. The molecule has 0 atom stereocenters. The fourth-order valence-electron chi connectivity index (χ4n) is 1.85. The standard InChI is InChI=1S/C17H25BrN2O2/c1-17(2,3)16(22)19-11-5-6-15(21)20(4)12-13-7-9-14(18)10-8-13/h7-10H,5-6,11-12H2,1-4H3,(H,19,22). The predicted molar refractivity (Wildman–Crippen MR) is 92.3 cm³/mol. The van der Waals surface area contributed by atoms with Gasteiger partial charge < -0.3 is 10.2 Å². The number of amides is 2. The molecule has 0 unspecified atom stereocenters. The van der Waals surface area contributed by atoms with Gasteiger partial charge in [0.25, 0.3) is 0 Å². The van der Waals surface area contributed by atoms with Crippen molar-refractivity contribution in [3.05, 3.63) is 34.3 Å². The van der Waals surface area contributed by atoms with Crippen molar-refractivity contribution >= 4 is 27.7 Å². The maximum absolute atomic E-state index is 12.1. The first-order valence-electron chi connectivity index (χ1n) is 7.47. The smallest absolute Gasteiger partial charge is 0.225 e. The van der Waals surface area contributed by atoms with E-state index < -0.39 is 0 Å². The van der Waals surface area contributed by atoms with E-state index in [1.807, 2.05) is 45.0 Å². The molecular formula is C17H25BrN2O2. The zero-order chi connectivity index (χ0) is 16.8. The molecule has 2 amide bonds. The van der Waals surface area contributed by atoms with E-state index in [2.05, 4.69) is 21.2 Å². The van der Waals surface area contributed by atoms with Crippen molar-refractivity contribution in [3.63, 3.8) is 0 Å². The number of carbonyl (C=O) groups is 2. The average Bonchev–Trinajstić information content (AvgIpc) is 2.44. The van der Waals surface area contributed by atoms with Crippen LogP contribution in [-0.2, 0) is 16.1 Å². The van der Waals surface area contributed by atoms with Crippen molar-refractivity contribution < 1.29 is 9.59 Å². The zero-order valence-corrected chi connectivity index (χ0v) is 15.4. The Morgan fingerprint density at radius 1 is 1.18 bits per heavy atom. The van der Waals surface area contributed by atoms with Crippen LogP contribution in [0.15, 0.2) is 28.7 Å². The SMILES string of the molecule is CN(Cc1ccc(Br)cc1)C(=O)CCCNC(=O)C(C)(C)C. The molecule has 0 spiro atoms. The quantitative estimate of drug-likeness (QED) is 0.782. The summed E-state index contributed by atoms with van der Waals surface area (Å²) in [5, 5.41) is 2.86. The Labute approximate surface area is 141 Å². The largest absolute Gasteiger partial charge is 0.356 e. The van der Waals surface area contributed by atoms with Crippen molar-refractivity contribution in [1.29, 1.82) is 0 Å². The number of hydrogen-bond acceptors (Lipinski definition) is 2. The first-order valence-corrected chi connectivity index (χ1v) is 8.26. The minimum atomic E-state index is -0.387. The van der Waals surface area contributed by atoms with Crippen LogP contribution in [0.5, 0.6) is 0 Å². The van der Waals surface area contributed by atoms with Gasteiger partial charge in [0.05, 0.1) is 0 Å². The summed E-state index contributed by atoms with van der Waals surface area (Å²) in [4.78, 5) is 25.5. The molecule has 0 aromatic heterocycles. The highest BCUT2D eigenvalue weighted by Crippen LogP contribution is 2.13. The fourth-order valence-corrected chi connectivity index (χ4v) is 2.11. The van der Waals surface area contributed by atoms with Gasteiger partial charge in [0, 0.05) is 36.4 Å². The van der Waals surface area contributed by atoms with Gasteiger partial charge in [0.1, 0.15) is 0 Å². The molecule has 0 fully saturated rings. The third kappa shape index (κ3) is 6.60. The molecule has 1 rings (SSSR count). The summed E-state index contributed by atoms with van der Waals surface area (Å²) < 4.78 is 1.03. The van der Waals surface area contributed by atoms with E-state index in [-0.39, 0.29) is 17.2 Å². The number of benzene rings is 1. The molecule has 5 heteroatoms. The lowest BCUT2D eigenvalue weighted by molar-refractivity contribution is -0.131. The second-order valence-corrected chi connectivity index (χ2v) is 7.40. The average molecular weight is 369 g/mol. The lowest BCUT2D eigenvalue weighted by Crippen LogP contribution is -2.35. The lowest BCUT2D eigenvalue weighted by atomic mass is 9.96. The molecular weight excluding hydrogens is 344 g/mol. The summed E-state index contributed by atoms with van der Waals surface area (Å²) in [5.41, 5.74) is 0.711. The molecule has 0 aliphatic carbocycles. The molecule has 0 saturated heterocycles. The van der Waals surface area contributed by atoms with E-state index >= 15 is 0 Å². The Bertz CT molecular complexity index is 506. The minimum Gasteiger partial charge on any atom is -0.356 e. The maximum atomic E-state index is 12.1. The fraction of sp³-hybridized carbons (Fsp3) is 0.529. The monoisotopic (exact) mass is 368 g/mol. The first kappa shape index (κ1) is 18.7. The molecule has 0 aliphatic rings. The highest BCUT2D eigenvalue weighted by molar-refractivity contribution is 9.10. The second-order valence-electron chi connectivity index (χ2n) is 6.49. The van der Waals surface area contributed by atoms with Gasteiger partial charge in [-0.3, -0.25) is 9.59 Å². The van der Waals surface area contributed by atoms with Gasteiger partial charge in [-0.1, -0.05) is 48.8 Å². The molecule has 1 N–H and O–H groups in total. The summed E-state index contributed by atoms with van der Waals surface area (Å²) in [6.07, 6.45) is 1.10. The molecule has 4 nitrogen and oxygen atoms in total. The van der Waals surface area contributed by atoms with E-state index in [0.717, 1.165) is 10.0 Å². The van der Waals surface area contributed by atoms with E-state index in [1.54, 1.807) is 11.9 Å². The Morgan fingerprint density at radius 3 is 2.32 bits per heavy atom. The minimum absolute atomic E-state index is 0.0168. The van der Waals surface area contributed by atoms with Crippen molar-refractivity contribution in [2.75, 3.05) is 13.6 Å². The van der Waals surface area contributed by atoms with Crippen LogP contribution in [0.1, 0.15) is 39.2 Å². The van der Waals surface area contributed by atoms with Gasteiger partial charge in [-0.25, -0.2) is 0 Å². The van der Waals surface area contributed by atoms with Crippen molar-refractivity contribution in [1.82, 2.24) is 10.2 Å². The molecule has 0 aliphatic heterocycles. The lowest BCUT2D eigenvalue weighted by Gasteiger charge is -2.19. The van der Waals surface area contributed by atoms with Crippen molar-refractivity contribution in [3.8, 4) is 0 Å². The summed E-state index contributed by atoms with van der Waals surface area (Å²) in [7, 11) is 1.80. The number of hydrogen-bond donors (Lipinski definition) is 1. The Kier molecular flexibility index (Phi) is 7.07. The van der Waals surface area contributed by atoms with E-state index in [1.165, 1.54) is 0 Å². The normalized spacial score (nSPS) is 11.1. The van der Waals surface area contributed by atoms with Crippen LogP contribution in [0.4, 0.5) is 0 Å². The number of rotatable bonds is 6. The van der Waals surface area contributed by atoms with Gasteiger partial charge in [-0.2, -0.15) is 0 Å². The first-order chi connectivity index (χ1) is 10.2. The maximum Gasteiger partial charge on any atom is 0.225 e. The topological polar surface area (TPSA) is 49.4 Å². The summed E-state index contributed by atoms with van der Waals surface area (Å²) >= 11 is 3.39. The van der Waals surface area contributed by atoms with E-state index in [0.29, 0.717) is 25.9 Å². The van der Waals surface area contributed by atoms with Crippen LogP contribution in [-0.4, -0.2) is 30.3 Å². The summed E-state index contributed by atoms with van der Waals surface area (Å²) in [6, 6.07) is 7.93. The van der Waals surface area contributed by atoms with Gasteiger partial charge >= 0.3 is 0 Å². The number of nitrogens with one attached hydrogen (secondary N) is 1. The molecule has 1 aromatic carbocycles. The molecule has 0 radical (unpaired) electrons. The van der Waals surface area contributed by atoms with Crippen molar-refractivity contribution in [2.45, 2.75) is 40.2 Å². The molecule has 0 heterocycles. The van der Waals surface area contributed by atoms with Crippen molar-refractivity contribution in [2.24, 2.45) is 5.41 Å².